The van der Waals surface area contributed by atoms with Gasteiger partial charge in [0.1, 0.15) is 16.4 Å². The summed E-state index contributed by atoms with van der Waals surface area (Å²) in [6.07, 6.45) is 3.15. The zero-order valence-corrected chi connectivity index (χ0v) is 13.6. The number of carbonyl (C=O) groups excluding carboxylic acids is 2. The minimum absolute atomic E-state index is 0.00597. The molecule has 0 aliphatic carbocycles. The molecule has 6 heteroatoms. The van der Waals surface area contributed by atoms with Crippen LogP contribution in [0, 0.1) is 0 Å². The molecule has 2 heterocycles. The molecule has 0 fully saturated rings. The molecule has 0 N–H and O–H groups in total. The molecule has 2 aliphatic rings. The molecule has 1 unspecified atom stereocenters. The van der Waals surface area contributed by atoms with Gasteiger partial charge in [0.15, 0.2) is 0 Å². The molecule has 2 aliphatic heterocycles. The van der Waals surface area contributed by atoms with E-state index in [1.165, 1.54) is 18.0 Å². The molecule has 0 amide bonds. The molecule has 0 saturated carbocycles. The molecule has 0 radical (unpaired) electrons. The van der Waals surface area contributed by atoms with Gasteiger partial charge in [-0.25, -0.2) is 9.79 Å². The van der Waals surface area contributed by atoms with E-state index in [1.807, 2.05) is 30.3 Å². The van der Waals surface area contributed by atoms with Crippen molar-refractivity contribution < 1.29 is 19.1 Å². The van der Waals surface area contributed by atoms with Crippen LogP contribution >= 0.6 is 11.8 Å². The van der Waals surface area contributed by atoms with Gasteiger partial charge in [-0.15, -0.1) is 0 Å². The lowest BCUT2D eigenvalue weighted by Gasteiger charge is -2.10. The van der Waals surface area contributed by atoms with Crippen molar-refractivity contribution in [2.45, 2.75) is 12.2 Å². The molecule has 0 bridgehead atoms. The van der Waals surface area contributed by atoms with Crippen molar-refractivity contribution in [1.82, 2.24) is 0 Å². The van der Waals surface area contributed by atoms with Crippen LogP contribution in [0.3, 0.4) is 0 Å². The Kier molecular flexibility index (Phi) is 4.34. The van der Waals surface area contributed by atoms with Crippen molar-refractivity contribution in [2.24, 2.45) is 4.99 Å². The Bertz CT molecular complexity index is 746. The lowest BCUT2D eigenvalue weighted by Crippen LogP contribution is -2.21. The second-order valence-corrected chi connectivity index (χ2v) is 6.05. The van der Waals surface area contributed by atoms with Gasteiger partial charge in [0.2, 0.25) is 5.78 Å². The SMILES string of the molecule is CCOC(=O)C1=CN=C2SC(c3ccc(OC)cc3)C=C2C1=O. The summed E-state index contributed by atoms with van der Waals surface area (Å²) in [5, 5.41) is 0.636. The second kappa shape index (κ2) is 6.42. The molecule has 5 nitrogen and oxygen atoms in total. The van der Waals surface area contributed by atoms with E-state index in [4.69, 9.17) is 9.47 Å². The number of fused-ring (bicyclic) bond motifs is 1. The van der Waals surface area contributed by atoms with E-state index in [1.54, 1.807) is 14.0 Å². The van der Waals surface area contributed by atoms with Gasteiger partial charge in [0.25, 0.3) is 0 Å². The smallest absolute Gasteiger partial charge is 0.343 e. The number of ether oxygens (including phenoxy) is 2. The number of hydrogen-bond donors (Lipinski definition) is 0. The van der Waals surface area contributed by atoms with Gasteiger partial charge >= 0.3 is 5.97 Å². The highest BCUT2D eigenvalue weighted by Crippen LogP contribution is 2.42. The predicted octanol–water partition coefficient (Wildman–Crippen LogP) is 2.84. The van der Waals surface area contributed by atoms with E-state index in [0.717, 1.165) is 11.3 Å². The summed E-state index contributed by atoms with van der Waals surface area (Å²) in [6, 6.07) is 7.66. The Balaban J connectivity index is 1.84. The fourth-order valence-corrected chi connectivity index (χ4v) is 3.49. The van der Waals surface area contributed by atoms with Crippen LogP contribution in [0.1, 0.15) is 17.7 Å². The van der Waals surface area contributed by atoms with Crippen molar-refractivity contribution in [1.29, 1.82) is 0 Å². The molecule has 118 valence electrons. The van der Waals surface area contributed by atoms with Gasteiger partial charge in [-0.3, -0.25) is 4.79 Å². The summed E-state index contributed by atoms with van der Waals surface area (Å²) in [7, 11) is 1.62. The van der Waals surface area contributed by atoms with Crippen LogP contribution in [0.25, 0.3) is 0 Å². The highest BCUT2D eigenvalue weighted by molar-refractivity contribution is 8.15. The van der Waals surface area contributed by atoms with Crippen molar-refractivity contribution in [2.75, 3.05) is 13.7 Å². The first-order valence-corrected chi connectivity index (χ1v) is 8.04. The van der Waals surface area contributed by atoms with Gasteiger partial charge in [0, 0.05) is 6.20 Å². The van der Waals surface area contributed by atoms with Gasteiger partial charge in [-0.05, 0) is 24.6 Å². The predicted molar refractivity (Wildman–Crippen MR) is 88.6 cm³/mol. The molecule has 23 heavy (non-hydrogen) atoms. The van der Waals surface area contributed by atoms with Crippen LogP contribution in [-0.4, -0.2) is 30.5 Å². The molecular formula is C17H15NO4S. The number of esters is 1. The fourth-order valence-electron chi connectivity index (χ4n) is 2.35. The maximum Gasteiger partial charge on any atom is 0.343 e. The van der Waals surface area contributed by atoms with Gasteiger partial charge < -0.3 is 9.47 Å². The normalized spacial score (nSPS) is 19.5. The van der Waals surface area contributed by atoms with Crippen LogP contribution in [0.5, 0.6) is 5.75 Å². The zero-order valence-electron chi connectivity index (χ0n) is 12.7. The third kappa shape index (κ3) is 2.94. The molecule has 1 aromatic carbocycles. The Morgan fingerprint density at radius 1 is 1.30 bits per heavy atom. The maximum absolute atomic E-state index is 12.4. The van der Waals surface area contributed by atoms with Crippen molar-refractivity contribution in [3.8, 4) is 5.75 Å². The average molecular weight is 329 g/mol. The van der Waals surface area contributed by atoms with Crippen LogP contribution in [-0.2, 0) is 14.3 Å². The molecular weight excluding hydrogens is 314 g/mol. The van der Waals surface area contributed by atoms with E-state index in [-0.39, 0.29) is 23.2 Å². The summed E-state index contributed by atoms with van der Waals surface area (Å²) >= 11 is 1.49. The summed E-state index contributed by atoms with van der Waals surface area (Å²) in [5.74, 6) is -0.169. The first-order valence-electron chi connectivity index (χ1n) is 7.16. The molecule has 3 rings (SSSR count). The lowest BCUT2D eigenvalue weighted by molar-refractivity contribution is -0.139. The van der Waals surface area contributed by atoms with Crippen LogP contribution in [0.2, 0.25) is 0 Å². The Hall–Kier alpha value is -2.34. The maximum atomic E-state index is 12.4. The van der Waals surface area contributed by atoms with E-state index in [2.05, 4.69) is 4.99 Å². The van der Waals surface area contributed by atoms with E-state index >= 15 is 0 Å². The number of hydrogen-bond acceptors (Lipinski definition) is 6. The molecule has 0 aromatic heterocycles. The third-order valence-corrected chi connectivity index (χ3v) is 4.74. The standard InChI is InChI=1S/C17H15NO4S/c1-3-22-17(20)13-9-18-16-12(15(13)19)8-14(23-16)10-4-6-11(21-2)7-5-10/h4-9,14H,3H2,1-2H3. The van der Waals surface area contributed by atoms with Crippen LogP contribution < -0.4 is 4.74 Å². The molecule has 1 aromatic rings. The van der Waals surface area contributed by atoms with Gasteiger partial charge in [0.05, 0.1) is 24.5 Å². The number of Topliss-reactive ketones (excluding diaryl/α,β-unsaturated/α-hetero) is 1. The number of benzene rings is 1. The quantitative estimate of drug-likeness (QED) is 0.628. The number of thioether (sulfide) groups is 1. The Morgan fingerprint density at radius 2 is 2.04 bits per heavy atom. The number of nitrogens with zero attached hydrogens (tertiary/aromatic N) is 1. The van der Waals surface area contributed by atoms with Gasteiger partial charge in [-0.2, -0.15) is 0 Å². The van der Waals surface area contributed by atoms with Gasteiger partial charge in [-0.1, -0.05) is 30.0 Å². The van der Waals surface area contributed by atoms with Crippen LogP contribution in [0.4, 0.5) is 0 Å². The minimum Gasteiger partial charge on any atom is -0.497 e. The van der Waals surface area contributed by atoms with Crippen molar-refractivity contribution in [3.63, 3.8) is 0 Å². The number of aliphatic imine (C=N–C) groups is 1. The minimum atomic E-state index is -0.626. The number of rotatable bonds is 4. The molecule has 1 atom stereocenters. The summed E-state index contributed by atoms with van der Waals surface area (Å²) in [6.45, 7) is 1.92. The van der Waals surface area contributed by atoms with E-state index < -0.39 is 5.97 Å². The van der Waals surface area contributed by atoms with Crippen molar-refractivity contribution in [3.05, 3.63) is 53.3 Å². The monoisotopic (exact) mass is 329 g/mol. The first-order chi connectivity index (χ1) is 11.1. The summed E-state index contributed by atoms with van der Waals surface area (Å²) in [4.78, 5) is 28.5. The molecule has 0 spiro atoms. The number of carbonyl (C=O) groups is 2. The third-order valence-electron chi connectivity index (χ3n) is 3.53. The van der Waals surface area contributed by atoms with E-state index in [0.29, 0.717) is 10.6 Å². The lowest BCUT2D eigenvalue weighted by atomic mass is 10.0. The summed E-state index contributed by atoms with van der Waals surface area (Å²) < 4.78 is 10.0. The Morgan fingerprint density at radius 3 is 2.70 bits per heavy atom. The second-order valence-electron chi connectivity index (χ2n) is 4.92. The van der Waals surface area contributed by atoms with Crippen LogP contribution in [0.15, 0.2) is 52.7 Å². The fraction of sp³-hybridized carbons (Fsp3) is 0.235. The topological polar surface area (TPSA) is 65.0 Å². The summed E-state index contributed by atoms with van der Waals surface area (Å²) in [5.41, 5.74) is 1.50. The number of methoxy groups -OCH3 is 1. The van der Waals surface area contributed by atoms with E-state index in [9.17, 15) is 9.59 Å². The van der Waals surface area contributed by atoms with Crippen molar-refractivity contribution >= 4 is 28.6 Å². The first kappa shape index (κ1) is 15.6. The Labute approximate surface area is 138 Å². The zero-order chi connectivity index (χ0) is 16.4. The molecule has 0 saturated heterocycles. The highest BCUT2D eigenvalue weighted by atomic mass is 32.2. The number of ketones is 1. The highest BCUT2D eigenvalue weighted by Gasteiger charge is 2.35. The largest absolute Gasteiger partial charge is 0.497 e. The average Bonchev–Trinajstić information content (AvgIpc) is 3.00.